The molecular formula is C27H26F2N2O3S. The van der Waals surface area contributed by atoms with E-state index in [4.69, 9.17) is 4.74 Å². The Kier molecular flexibility index (Phi) is 6.81. The van der Waals surface area contributed by atoms with Crippen molar-refractivity contribution in [2.75, 3.05) is 26.2 Å². The smallest absolute Gasteiger partial charge is 0.254 e. The summed E-state index contributed by atoms with van der Waals surface area (Å²) >= 11 is 1.63. The van der Waals surface area contributed by atoms with E-state index in [0.717, 1.165) is 24.8 Å². The minimum absolute atomic E-state index is 0.0957. The van der Waals surface area contributed by atoms with Gasteiger partial charge in [-0.2, -0.15) is 0 Å². The highest BCUT2D eigenvalue weighted by Gasteiger charge is 2.35. The van der Waals surface area contributed by atoms with Crippen LogP contribution < -0.4 is 4.74 Å². The molecule has 2 aliphatic rings. The third kappa shape index (κ3) is 5.37. The van der Waals surface area contributed by atoms with E-state index >= 15 is 0 Å². The number of carbonyl (C=O) groups excluding carboxylic acids is 2. The highest BCUT2D eigenvalue weighted by atomic mass is 32.1. The molecule has 1 saturated carbocycles. The van der Waals surface area contributed by atoms with Crippen molar-refractivity contribution in [2.24, 2.45) is 5.92 Å². The summed E-state index contributed by atoms with van der Waals surface area (Å²) in [7, 11) is 0. The van der Waals surface area contributed by atoms with Crippen LogP contribution in [0.1, 0.15) is 39.7 Å². The van der Waals surface area contributed by atoms with Crippen molar-refractivity contribution in [2.45, 2.75) is 25.3 Å². The van der Waals surface area contributed by atoms with Gasteiger partial charge in [0.2, 0.25) is 5.91 Å². The quantitative estimate of drug-likeness (QED) is 0.437. The number of ether oxygens (including phenoxy) is 1. The van der Waals surface area contributed by atoms with Crippen LogP contribution in [0.15, 0.2) is 60.0 Å². The molecule has 2 amide bonds. The lowest BCUT2D eigenvalue weighted by atomic mass is 10.00. The number of amides is 2. The highest BCUT2D eigenvalue weighted by molar-refractivity contribution is 7.10. The predicted octanol–water partition coefficient (Wildman–Crippen LogP) is 5.08. The van der Waals surface area contributed by atoms with E-state index in [9.17, 15) is 18.4 Å². The van der Waals surface area contributed by atoms with Gasteiger partial charge in [0.15, 0.2) is 11.6 Å². The molecule has 2 heterocycles. The summed E-state index contributed by atoms with van der Waals surface area (Å²) in [6, 6.07) is 13.4. The Labute approximate surface area is 206 Å². The van der Waals surface area contributed by atoms with Gasteiger partial charge in [0.05, 0.1) is 6.04 Å². The van der Waals surface area contributed by atoms with Crippen LogP contribution in [-0.2, 0) is 11.2 Å². The van der Waals surface area contributed by atoms with Crippen LogP contribution in [-0.4, -0.2) is 47.9 Å². The standard InChI is InChI=1S/C27H26F2N2O3S/c28-20-5-3-4-19(14-20)27(33)30(15-18-8-9-18)16-26(32)31-12-10-25-21(11-13-35-25)23(31)17-34-24-7-2-1-6-22(24)29/h1-7,11,13-14,18,23H,8-10,12,15-17H2. The summed E-state index contributed by atoms with van der Waals surface area (Å²) in [5.74, 6) is -0.987. The van der Waals surface area contributed by atoms with Crippen LogP contribution in [0.5, 0.6) is 5.75 Å². The fraction of sp³-hybridized carbons (Fsp3) is 0.333. The summed E-state index contributed by atoms with van der Waals surface area (Å²) in [4.78, 5) is 31.2. The van der Waals surface area contributed by atoms with Crippen LogP contribution in [0, 0.1) is 17.6 Å². The Bertz CT molecular complexity index is 1230. The Morgan fingerprint density at radius 2 is 1.91 bits per heavy atom. The lowest BCUT2D eigenvalue weighted by Crippen LogP contribution is -2.48. The summed E-state index contributed by atoms with van der Waals surface area (Å²) in [6.45, 7) is 0.969. The molecule has 8 heteroatoms. The molecule has 1 aliphatic carbocycles. The van der Waals surface area contributed by atoms with Crippen molar-refractivity contribution >= 4 is 23.2 Å². The second-order valence-electron chi connectivity index (χ2n) is 9.03. The molecule has 1 aliphatic heterocycles. The molecule has 1 aromatic heterocycles. The van der Waals surface area contributed by atoms with E-state index in [1.54, 1.807) is 40.5 Å². The van der Waals surface area contributed by atoms with Crippen LogP contribution in [0.3, 0.4) is 0 Å². The Morgan fingerprint density at radius 1 is 1.09 bits per heavy atom. The first-order valence-electron chi connectivity index (χ1n) is 11.8. The minimum Gasteiger partial charge on any atom is -0.488 e. The van der Waals surface area contributed by atoms with Gasteiger partial charge in [0.25, 0.3) is 5.91 Å². The third-order valence-corrected chi connectivity index (χ3v) is 7.51. The number of nitrogens with zero attached hydrogens (tertiary/aromatic N) is 2. The molecule has 0 radical (unpaired) electrons. The van der Waals surface area contributed by atoms with Gasteiger partial charge in [0.1, 0.15) is 19.0 Å². The maximum absolute atomic E-state index is 14.1. The number of para-hydroxylation sites is 1. The zero-order valence-corrected chi connectivity index (χ0v) is 20.0. The molecule has 1 fully saturated rings. The van der Waals surface area contributed by atoms with Gasteiger partial charge in [-0.3, -0.25) is 9.59 Å². The number of thiophene rings is 1. The number of fused-ring (bicyclic) bond motifs is 1. The fourth-order valence-corrected chi connectivity index (χ4v) is 5.42. The average Bonchev–Trinajstić information content (AvgIpc) is 3.54. The molecule has 1 unspecified atom stereocenters. The van der Waals surface area contributed by atoms with E-state index in [0.29, 0.717) is 19.0 Å². The SMILES string of the molecule is O=C(c1cccc(F)c1)N(CC(=O)N1CCc2sccc2C1COc1ccccc1F)CC1CC1. The number of halogens is 2. The molecule has 0 N–H and O–H groups in total. The first kappa shape index (κ1) is 23.5. The van der Waals surface area contributed by atoms with E-state index < -0.39 is 11.6 Å². The topological polar surface area (TPSA) is 49.9 Å². The summed E-state index contributed by atoms with van der Waals surface area (Å²) in [5.41, 5.74) is 1.23. The first-order chi connectivity index (χ1) is 17.0. The number of carbonyl (C=O) groups is 2. The van der Waals surface area contributed by atoms with E-state index in [1.807, 2.05) is 11.4 Å². The normalized spacial score (nSPS) is 17.1. The second kappa shape index (κ2) is 10.2. The monoisotopic (exact) mass is 496 g/mol. The van der Waals surface area contributed by atoms with Crippen LogP contribution in [0.2, 0.25) is 0 Å². The van der Waals surface area contributed by atoms with Gasteiger partial charge in [0, 0.05) is 23.5 Å². The van der Waals surface area contributed by atoms with Crippen molar-refractivity contribution in [3.05, 3.63) is 87.6 Å². The van der Waals surface area contributed by atoms with Crippen molar-refractivity contribution in [1.29, 1.82) is 0 Å². The summed E-state index contributed by atoms with van der Waals surface area (Å²) in [6.07, 6.45) is 2.75. The van der Waals surface area contributed by atoms with Crippen LogP contribution in [0.25, 0.3) is 0 Å². The molecule has 0 saturated heterocycles. The molecule has 3 aromatic rings. The van der Waals surface area contributed by atoms with Crippen molar-refractivity contribution in [3.8, 4) is 5.75 Å². The minimum atomic E-state index is -0.486. The molecule has 35 heavy (non-hydrogen) atoms. The molecule has 0 spiro atoms. The van der Waals surface area contributed by atoms with Gasteiger partial charge in [-0.1, -0.05) is 18.2 Å². The molecule has 0 bridgehead atoms. The third-order valence-electron chi connectivity index (χ3n) is 6.51. The molecular weight excluding hydrogens is 470 g/mol. The maximum atomic E-state index is 14.1. The Hall–Kier alpha value is -3.26. The van der Waals surface area contributed by atoms with Gasteiger partial charge in [-0.05, 0) is 72.5 Å². The van der Waals surface area contributed by atoms with Gasteiger partial charge >= 0.3 is 0 Å². The van der Waals surface area contributed by atoms with Crippen molar-refractivity contribution in [3.63, 3.8) is 0 Å². The number of hydrogen-bond acceptors (Lipinski definition) is 4. The summed E-state index contributed by atoms with van der Waals surface area (Å²) < 4.78 is 33.7. The molecule has 1 atom stereocenters. The molecule has 5 rings (SSSR count). The molecule has 5 nitrogen and oxygen atoms in total. The Balaban J connectivity index is 1.35. The van der Waals surface area contributed by atoms with Crippen LogP contribution in [0.4, 0.5) is 8.78 Å². The molecule has 2 aromatic carbocycles. The zero-order chi connectivity index (χ0) is 24.4. The fourth-order valence-electron chi connectivity index (χ4n) is 4.49. The Morgan fingerprint density at radius 3 is 2.69 bits per heavy atom. The summed E-state index contributed by atoms with van der Waals surface area (Å²) in [5, 5.41) is 1.99. The van der Waals surface area contributed by atoms with Gasteiger partial charge in [-0.15, -0.1) is 11.3 Å². The largest absolute Gasteiger partial charge is 0.488 e. The average molecular weight is 497 g/mol. The number of hydrogen-bond donors (Lipinski definition) is 0. The van der Waals surface area contributed by atoms with E-state index in [2.05, 4.69) is 0 Å². The first-order valence-corrected chi connectivity index (χ1v) is 12.7. The van der Waals surface area contributed by atoms with Gasteiger partial charge < -0.3 is 14.5 Å². The number of benzene rings is 2. The lowest BCUT2D eigenvalue weighted by Gasteiger charge is -2.37. The van der Waals surface area contributed by atoms with E-state index in [1.165, 1.54) is 34.0 Å². The highest BCUT2D eigenvalue weighted by Crippen LogP contribution is 2.35. The number of rotatable bonds is 8. The van der Waals surface area contributed by atoms with Crippen molar-refractivity contribution in [1.82, 2.24) is 9.80 Å². The van der Waals surface area contributed by atoms with Gasteiger partial charge in [-0.25, -0.2) is 8.78 Å². The lowest BCUT2D eigenvalue weighted by molar-refractivity contribution is -0.135. The predicted molar refractivity (Wildman–Crippen MR) is 129 cm³/mol. The zero-order valence-electron chi connectivity index (χ0n) is 19.2. The van der Waals surface area contributed by atoms with Crippen molar-refractivity contribution < 1.29 is 23.1 Å². The second-order valence-corrected chi connectivity index (χ2v) is 10.0. The van der Waals surface area contributed by atoms with Crippen LogP contribution >= 0.6 is 11.3 Å². The maximum Gasteiger partial charge on any atom is 0.254 e. The molecule has 182 valence electrons. The van der Waals surface area contributed by atoms with E-state index in [-0.39, 0.29) is 42.3 Å².